The largest absolute Gasteiger partial charge is 0.377 e. The second-order valence-electron chi connectivity index (χ2n) is 5.93. The molecule has 0 radical (unpaired) electrons. The summed E-state index contributed by atoms with van der Waals surface area (Å²) in [5.74, 6) is 0.887. The standard InChI is InChI=1S/C18H21N3S/c1-11-9-14-15(10-12(11)2)20-18(19-14)17(22)13-7-5-6-8-16(13)21(3)4/h5-10,17,22H,1-4H3,(H,19,20). The van der Waals surface area contributed by atoms with Gasteiger partial charge in [0, 0.05) is 19.8 Å². The highest BCUT2D eigenvalue weighted by Gasteiger charge is 2.18. The molecule has 1 N–H and O–H groups in total. The maximum absolute atomic E-state index is 4.82. The van der Waals surface area contributed by atoms with Gasteiger partial charge in [0.05, 0.1) is 16.3 Å². The second-order valence-corrected chi connectivity index (χ2v) is 6.45. The number of aryl methyl sites for hydroxylation is 2. The third-order valence-electron chi connectivity index (χ3n) is 4.09. The minimum Gasteiger partial charge on any atom is -0.377 e. The first-order valence-electron chi connectivity index (χ1n) is 7.38. The molecule has 0 saturated heterocycles. The Bertz CT molecular complexity index is 781. The van der Waals surface area contributed by atoms with Gasteiger partial charge in [0.1, 0.15) is 5.82 Å². The third-order valence-corrected chi connectivity index (χ3v) is 4.61. The predicted molar refractivity (Wildman–Crippen MR) is 97.2 cm³/mol. The number of aromatic amines is 1. The van der Waals surface area contributed by atoms with Crippen molar-refractivity contribution in [2.24, 2.45) is 0 Å². The zero-order valence-corrected chi connectivity index (χ0v) is 14.3. The van der Waals surface area contributed by atoms with Crippen LogP contribution in [0.3, 0.4) is 0 Å². The molecule has 0 amide bonds. The van der Waals surface area contributed by atoms with Crippen molar-refractivity contribution in [2.45, 2.75) is 19.1 Å². The van der Waals surface area contributed by atoms with Crippen LogP contribution in [0.2, 0.25) is 0 Å². The first-order chi connectivity index (χ1) is 10.5. The van der Waals surface area contributed by atoms with Gasteiger partial charge in [-0.1, -0.05) is 18.2 Å². The van der Waals surface area contributed by atoms with Crippen molar-refractivity contribution >= 4 is 29.3 Å². The van der Waals surface area contributed by atoms with E-state index >= 15 is 0 Å². The fourth-order valence-corrected chi connectivity index (χ4v) is 3.03. The fourth-order valence-electron chi connectivity index (χ4n) is 2.69. The van der Waals surface area contributed by atoms with Crippen LogP contribution in [0, 0.1) is 13.8 Å². The molecule has 1 atom stereocenters. The molecule has 0 saturated carbocycles. The highest BCUT2D eigenvalue weighted by Crippen LogP contribution is 2.34. The van der Waals surface area contributed by atoms with Crippen molar-refractivity contribution in [3.63, 3.8) is 0 Å². The van der Waals surface area contributed by atoms with Gasteiger partial charge >= 0.3 is 0 Å². The lowest BCUT2D eigenvalue weighted by molar-refractivity contribution is 0.999. The Kier molecular flexibility index (Phi) is 3.87. The number of H-pyrrole nitrogens is 1. The Labute approximate surface area is 136 Å². The topological polar surface area (TPSA) is 31.9 Å². The van der Waals surface area contributed by atoms with Gasteiger partial charge in [0.25, 0.3) is 0 Å². The molecule has 1 aromatic heterocycles. The number of para-hydroxylation sites is 1. The Hall–Kier alpha value is -1.94. The van der Waals surface area contributed by atoms with Gasteiger partial charge in [0.2, 0.25) is 0 Å². The summed E-state index contributed by atoms with van der Waals surface area (Å²) in [6.45, 7) is 4.23. The summed E-state index contributed by atoms with van der Waals surface area (Å²) < 4.78 is 0. The smallest absolute Gasteiger partial charge is 0.124 e. The summed E-state index contributed by atoms with van der Waals surface area (Å²) >= 11 is 4.82. The summed E-state index contributed by atoms with van der Waals surface area (Å²) in [6, 6.07) is 12.6. The number of hydrogen-bond donors (Lipinski definition) is 2. The number of fused-ring (bicyclic) bond motifs is 1. The van der Waals surface area contributed by atoms with E-state index in [2.05, 4.69) is 48.0 Å². The molecule has 114 valence electrons. The normalized spacial score (nSPS) is 12.6. The molecule has 0 spiro atoms. The minimum absolute atomic E-state index is 0.0772. The number of anilines is 1. The van der Waals surface area contributed by atoms with E-state index in [0.717, 1.165) is 28.1 Å². The molecule has 4 heteroatoms. The van der Waals surface area contributed by atoms with Crippen LogP contribution < -0.4 is 4.90 Å². The van der Waals surface area contributed by atoms with Gasteiger partial charge in [-0.05, 0) is 48.7 Å². The molecule has 2 aromatic carbocycles. The molecule has 0 aliphatic heterocycles. The van der Waals surface area contributed by atoms with E-state index in [0.29, 0.717) is 0 Å². The molecule has 3 rings (SSSR count). The lowest BCUT2D eigenvalue weighted by atomic mass is 10.1. The summed E-state index contributed by atoms with van der Waals surface area (Å²) in [5, 5.41) is -0.0772. The molecule has 0 aliphatic carbocycles. The number of hydrogen-bond acceptors (Lipinski definition) is 3. The summed E-state index contributed by atoms with van der Waals surface area (Å²) in [5.41, 5.74) is 6.92. The van der Waals surface area contributed by atoms with E-state index < -0.39 is 0 Å². The van der Waals surface area contributed by atoms with E-state index in [1.165, 1.54) is 11.1 Å². The van der Waals surface area contributed by atoms with Crippen molar-refractivity contribution in [3.8, 4) is 0 Å². The van der Waals surface area contributed by atoms with Crippen LogP contribution in [0.4, 0.5) is 5.69 Å². The van der Waals surface area contributed by atoms with E-state index in [1.807, 2.05) is 26.2 Å². The zero-order chi connectivity index (χ0) is 15.9. The van der Waals surface area contributed by atoms with Crippen LogP contribution in [-0.4, -0.2) is 24.1 Å². The van der Waals surface area contributed by atoms with Gasteiger partial charge in [-0.2, -0.15) is 12.6 Å². The monoisotopic (exact) mass is 311 g/mol. The fraction of sp³-hybridized carbons (Fsp3) is 0.278. The second kappa shape index (κ2) is 5.69. The molecule has 1 heterocycles. The molecule has 0 bridgehead atoms. The summed E-state index contributed by atoms with van der Waals surface area (Å²) in [6.07, 6.45) is 0. The number of aromatic nitrogens is 2. The van der Waals surface area contributed by atoms with Crippen LogP contribution in [0.1, 0.15) is 27.8 Å². The van der Waals surface area contributed by atoms with Crippen LogP contribution in [0.25, 0.3) is 11.0 Å². The van der Waals surface area contributed by atoms with Crippen LogP contribution in [0.15, 0.2) is 36.4 Å². The number of benzene rings is 2. The first kappa shape index (κ1) is 15.0. The highest BCUT2D eigenvalue weighted by molar-refractivity contribution is 7.80. The van der Waals surface area contributed by atoms with Gasteiger partial charge in [-0.3, -0.25) is 0 Å². The van der Waals surface area contributed by atoms with Crippen molar-refractivity contribution in [1.29, 1.82) is 0 Å². The third kappa shape index (κ3) is 2.59. The number of nitrogens with one attached hydrogen (secondary N) is 1. The molecule has 0 aliphatic rings. The summed E-state index contributed by atoms with van der Waals surface area (Å²) in [4.78, 5) is 10.3. The SMILES string of the molecule is Cc1cc2nc(C(S)c3ccccc3N(C)C)[nH]c2cc1C. The van der Waals surface area contributed by atoms with Gasteiger partial charge in [-0.15, -0.1) is 0 Å². The van der Waals surface area contributed by atoms with E-state index in [4.69, 9.17) is 17.6 Å². The molecule has 3 aromatic rings. The first-order valence-corrected chi connectivity index (χ1v) is 7.90. The quantitative estimate of drug-likeness (QED) is 0.708. The Morgan fingerprint density at radius 1 is 1.09 bits per heavy atom. The number of rotatable bonds is 3. The van der Waals surface area contributed by atoms with Gasteiger partial charge in [-0.25, -0.2) is 4.98 Å². The molecule has 3 nitrogen and oxygen atoms in total. The lowest BCUT2D eigenvalue weighted by Crippen LogP contribution is -2.12. The number of nitrogens with zero attached hydrogens (tertiary/aromatic N) is 2. The van der Waals surface area contributed by atoms with Gasteiger partial charge < -0.3 is 9.88 Å². The molecule has 1 unspecified atom stereocenters. The summed E-state index contributed by atoms with van der Waals surface area (Å²) in [7, 11) is 4.09. The van der Waals surface area contributed by atoms with Crippen LogP contribution >= 0.6 is 12.6 Å². The minimum atomic E-state index is -0.0772. The molecule has 22 heavy (non-hydrogen) atoms. The van der Waals surface area contributed by atoms with Crippen LogP contribution in [-0.2, 0) is 0 Å². The maximum Gasteiger partial charge on any atom is 0.124 e. The Morgan fingerprint density at radius 3 is 2.50 bits per heavy atom. The lowest BCUT2D eigenvalue weighted by Gasteiger charge is -2.20. The average molecular weight is 311 g/mol. The average Bonchev–Trinajstić information content (AvgIpc) is 2.89. The van der Waals surface area contributed by atoms with E-state index in [1.54, 1.807) is 0 Å². The number of thiol groups is 1. The molecular weight excluding hydrogens is 290 g/mol. The van der Waals surface area contributed by atoms with Crippen molar-refractivity contribution in [3.05, 3.63) is 58.9 Å². The van der Waals surface area contributed by atoms with E-state index in [9.17, 15) is 0 Å². The highest BCUT2D eigenvalue weighted by atomic mass is 32.1. The Morgan fingerprint density at radius 2 is 1.77 bits per heavy atom. The maximum atomic E-state index is 4.82. The van der Waals surface area contributed by atoms with Gasteiger partial charge in [0.15, 0.2) is 0 Å². The van der Waals surface area contributed by atoms with Crippen molar-refractivity contribution in [2.75, 3.05) is 19.0 Å². The predicted octanol–water partition coefficient (Wildman–Crippen LogP) is 4.26. The zero-order valence-electron chi connectivity index (χ0n) is 13.4. The number of imidazole rings is 1. The van der Waals surface area contributed by atoms with Crippen molar-refractivity contribution < 1.29 is 0 Å². The van der Waals surface area contributed by atoms with E-state index in [-0.39, 0.29) is 5.25 Å². The van der Waals surface area contributed by atoms with Crippen LogP contribution in [0.5, 0.6) is 0 Å². The Balaban J connectivity index is 2.07. The molecular formula is C18H21N3S. The molecule has 0 fully saturated rings. The van der Waals surface area contributed by atoms with Crippen molar-refractivity contribution in [1.82, 2.24) is 9.97 Å².